The Hall–Kier alpha value is -1.65. The van der Waals surface area contributed by atoms with Gasteiger partial charge in [0.15, 0.2) is 5.78 Å². The molecule has 0 radical (unpaired) electrons. The van der Waals surface area contributed by atoms with E-state index in [1.54, 1.807) is 17.4 Å². The molecule has 0 N–H and O–H groups in total. The Kier molecular flexibility index (Phi) is 6.49. The predicted molar refractivity (Wildman–Crippen MR) is 107 cm³/mol. The van der Waals surface area contributed by atoms with Crippen LogP contribution in [-0.2, 0) is 11.2 Å². The number of carbonyl (C=O) groups excluding carboxylic acids is 2. The first-order chi connectivity index (χ1) is 12.5. The molecule has 0 spiro atoms. The summed E-state index contributed by atoms with van der Waals surface area (Å²) in [6.45, 7) is 3.22. The quantitative estimate of drug-likeness (QED) is 0.640. The molecule has 1 aromatic heterocycles. The summed E-state index contributed by atoms with van der Waals surface area (Å²) in [4.78, 5) is 28.6. The number of ketones is 1. The van der Waals surface area contributed by atoms with E-state index in [0.717, 1.165) is 43.4 Å². The lowest BCUT2D eigenvalue weighted by Crippen LogP contribution is -2.42. The Morgan fingerprint density at radius 3 is 2.88 bits per heavy atom. The van der Waals surface area contributed by atoms with Crippen molar-refractivity contribution in [1.29, 1.82) is 0 Å². The SMILES string of the molecule is Cc1cc(Cl)ccc1C(=O)[C@H]1CCCN(C(=O)CCCc2cccs2)C1. The standard InChI is InChI=1S/C21H24ClNO2S/c1-15-13-17(22)9-10-19(15)21(25)16-5-3-11-23(14-16)20(24)8-2-6-18-7-4-12-26-18/h4,7,9-10,12-13,16H,2-3,5-6,8,11,14H2,1H3/t16-/m0/s1. The van der Waals surface area contributed by atoms with Crippen molar-refractivity contribution in [2.24, 2.45) is 5.92 Å². The lowest BCUT2D eigenvalue weighted by molar-refractivity contribution is -0.132. The smallest absolute Gasteiger partial charge is 0.222 e. The van der Waals surface area contributed by atoms with Crippen molar-refractivity contribution in [1.82, 2.24) is 4.90 Å². The number of piperidine rings is 1. The van der Waals surface area contributed by atoms with Gasteiger partial charge in [-0.25, -0.2) is 0 Å². The van der Waals surface area contributed by atoms with E-state index in [1.807, 2.05) is 30.0 Å². The molecule has 1 saturated heterocycles. The molecule has 0 bridgehead atoms. The van der Waals surface area contributed by atoms with Crippen LogP contribution in [0.3, 0.4) is 0 Å². The predicted octanol–water partition coefficient (Wildman–Crippen LogP) is 5.15. The third-order valence-electron chi connectivity index (χ3n) is 4.99. The lowest BCUT2D eigenvalue weighted by Gasteiger charge is -2.32. The minimum atomic E-state index is -0.107. The fourth-order valence-electron chi connectivity index (χ4n) is 3.57. The highest BCUT2D eigenvalue weighted by Gasteiger charge is 2.29. The highest BCUT2D eigenvalue weighted by molar-refractivity contribution is 7.09. The minimum absolute atomic E-state index is 0.107. The number of rotatable bonds is 6. The Morgan fingerprint density at radius 2 is 2.15 bits per heavy atom. The average molecular weight is 390 g/mol. The summed E-state index contributed by atoms with van der Waals surface area (Å²) in [5, 5.41) is 2.71. The third kappa shape index (κ3) is 4.74. The Bertz CT molecular complexity index is 772. The van der Waals surface area contributed by atoms with Gasteiger partial charge in [0.05, 0.1) is 0 Å². The second-order valence-corrected chi connectivity index (χ2v) is 8.40. The maximum atomic E-state index is 12.9. The van der Waals surface area contributed by atoms with Gasteiger partial charge in [-0.15, -0.1) is 11.3 Å². The zero-order valence-corrected chi connectivity index (χ0v) is 16.6. The van der Waals surface area contributed by atoms with E-state index in [9.17, 15) is 9.59 Å². The highest BCUT2D eigenvalue weighted by Crippen LogP contribution is 2.25. The minimum Gasteiger partial charge on any atom is -0.342 e. The maximum Gasteiger partial charge on any atom is 0.222 e. The topological polar surface area (TPSA) is 37.4 Å². The number of carbonyl (C=O) groups is 2. The summed E-state index contributed by atoms with van der Waals surface area (Å²) < 4.78 is 0. The molecule has 2 aromatic rings. The van der Waals surface area contributed by atoms with Crippen LogP contribution in [0.2, 0.25) is 5.02 Å². The molecule has 1 fully saturated rings. The van der Waals surface area contributed by atoms with Crippen molar-refractivity contribution in [3.63, 3.8) is 0 Å². The van der Waals surface area contributed by atoms with E-state index in [2.05, 4.69) is 11.4 Å². The van der Waals surface area contributed by atoms with Crippen LogP contribution in [0.25, 0.3) is 0 Å². The number of aryl methyl sites for hydroxylation is 2. The molecule has 0 saturated carbocycles. The van der Waals surface area contributed by atoms with Crippen molar-refractivity contribution in [3.8, 4) is 0 Å². The van der Waals surface area contributed by atoms with Gasteiger partial charge in [0.1, 0.15) is 0 Å². The summed E-state index contributed by atoms with van der Waals surface area (Å²) in [5.74, 6) is 0.201. The van der Waals surface area contributed by atoms with Crippen molar-refractivity contribution in [3.05, 3.63) is 56.7 Å². The van der Waals surface area contributed by atoms with Crippen LogP contribution in [0, 0.1) is 12.8 Å². The van der Waals surface area contributed by atoms with E-state index in [1.165, 1.54) is 4.88 Å². The number of nitrogens with zero attached hydrogens (tertiary/aromatic N) is 1. The third-order valence-corrected chi connectivity index (χ3v) is 6.16. The van der Waals surface area contributed by atoms with Gasteiger partial charge in [-0.05, 0) is 67.8 Å². The number of thiophene rings is 1. The average Bonchev–Trinajstić information content (AvgIpc) is 3.15. The largest absolute Gasteiger partial charge is 0.342 e. The number of Topliss-reactive ketones (excluding diaryl/α,β-unsaturated/α-hetero) is 1. The van der Waals surface area contributed by atoms with Gasteiger partial charge in [0.25, 0.3) is 0 Å². The highest BCUT2D eigenvalue weighted by atomic mass is 35.5. The van der Waals surface area contributed by atoms with Crippen LogP contribution in [0.1, 0.15) is 46.5 Å². The maximum absolute atomic E-state index is 12.9. The van der Waals surface area contributed by atoms with Crippen molar-refractivity contribution >= 4 is 34.6 Å². The summed E-state index contributed by atoms with van der Waals surface area (Å²) in [6, 6.07) is 9.55. The van der Waals surface area contributed by atoms with Gasteiger partial charge in [-0.2, -0.15) is 0 Å². The number of hydrogen-bond acceptors (Lipinski definition) is 3. The number of likely N-dealkylation sites (tertiary alicyclic amines) is 1. The van der Waals surface area contributed by atoms with Gasteiger partial charge >= 0.3 is 0 Å². The molecule has 1 atom stereocenters. The zero-order valence-electron chi connectivity index (χ0n) is 15.0. The molecule has 0 unspecified atom stereocenters. The van der Waals surface area contributed by atoms with Crippen molar-refractivity contribution in [2.75, 3.05) is 13.1 Å². The van der Waals surface area contributed by atoms with Crippen LogP contribution < -0.4 is 0 Å². The Labute approximate surface area is 164 Å². The van der Waals surface area contributed by atoms with Crippen LogP contribution in [0.4, 0.5) is 0 Å². The van der Waals surface area contributed by atoms with Gasteiger partial charge in [0.2, 0.25) is 5.91 Å². The first-order valence-electron chi connectivity index (χ1n) is 9.15. The van der Waals surface area contributed by atoms with Gasteiger partial charge in [0, 0.05) is 40.9 Å². The first-order valence-corrected chi connectivity index (χ1v) is 10.4. The van der Waals surface area contributed by atoms with Crippen LogP contribution >= 0.6 is 22.9 Å². The fourth-order valence-corrected chi connectivity index (χ4v) is 4.55. The molecule has 138 valence electrons. The molecule has 5 heteroatoms. The van der Waals surface area contributed by atoms with Gasteiger partial charge < -0.3 is 4.90 Å². The molecular weight excluding hydrogens is 366 g/mol. The van der Waals surface area contributed by atoms with Crippen LogP contribution in [0.5, 0.6) is 0 Å². The molecular formula is C21H24ClNO2S. The number of hydrogen-bond donors (Lipinski definition) is 0. The van der Waals surface area contributed by atoms with Gasteiger partial charge in [-0.1, -0.05) is 17.7 Å². The first kappa shape index (κ1) is 19.1. The molecule has 26 heavy (non-hydrogen) atoms. The van der Waals surface area contributed by atoms with Gasteiger partial charge in [-0.3, -0.25) is 9.59 Å². The number of amides is 1. The van der Waals surface area contributed by atoms with Crippen LogP contribution in [-0.4, -0.2) is 29.7 Å². The summed E-state index contributed by atoms with van der Waals surface area (Å²) in [7, 11) is 0. The molecule has 1 aromatic carbocycles. The van der Waals surface area contributed by atoms with Crippen molar-refractivity contribution < 1.29 is 9.59 Å². The molecule has 1 aliphatic rings. The summed E-state index contributed by atoms with van der Waals surface area (Å²) >= 11 is 7.73. The zero-order chi connectivity index (χ0) is 18.5. The Morgan fingerprint density at radius 1 is 1.31 bits per heavy atom. The number of halogens is 1. The van der Waals surface area contributed by atoms with Crippen LogP contribution in [0.15, 0.2) is 35.7 Å². The van der Waals surface area contributed by atoms with E-state index < -0.39 is 0 Å². The van der Waals surface area contributed by atoms with E-state index in [-0.39, 0.29) is 17.6 Å². The summed E-state index contributed by atoms with van der Waals surface area (Å²) in [5.41, 5.74) is 1.63. The second kappa shape index (κ2) is 8.83. The number of benzene rings is 1. The van der Waals surface area contributed by atoms with E-state index in [4.69, 9.17) is 11.6 Å². The monoisotopic (exact) mass is 389 g/mol. The van der Waals surface area contributed by atoms with Crippen molar-refractivity contribution in [2.45, 2.75) is 39.0 Å². The second-order valence-electron chi connectivity index (χ2n) is 6.94. The van der Waals surface area contributed by atoms with E-state index >= 15 is 0 Å². The van der Waals surface area contributed by atoms with E-state index in [0.29, 0.717) is 18.0 Å². The molecule has 0 aliphatic carbocycles. The molecule has 3 nitrogen and oxygen atoms in total. The summed E-state index contributed by atoms with van der Waals surface area (Å²) in [6.07, 6.45) is 4.10. The normalized spacial score (nSPS) is 17.3. The molecule has 2 heterocycles. The molecule has 1 aliphatic heterocycles. The molecule has 1 amide bonds. The fraction of sp³-hybridized carbons (Fsp3) is 0.429. The lowest BCUT2D eigenvalue weighted by atomic mass is 9.88. The molecule has 3 rings (SSSR count). The Balaban J connectivity index is 1.56.